The average molecular weight is 292 g/mol. The van der Waals surface area contributed by atoms with Gasteiger partial charge in [-0.15, -0.1) is 0 Å². The van der Waals surface area contributed by atoms with Crippen LogP contribution < -0.4 is 5.32 Å². The van der Waals surface area contributed by atoms with Crippen LogP contribution in [0.3, 0.4) is 0 Å². The van der Waals surface area contributed by atoms with Crippen LogP contribution in [0.25, 0.3) is 0 Å². The minimum absolute atomic E-state index is 0.0175. The summed E-state index contributed by atoms with van der Waals surface area (Å²) in [6.45, 7) is 1.44. The van der Waals surface area contributed by atoms with Crippen molar-refractivity contribution in [1.82, 2.24) is 5.32 Å². The first-order chi connectivity index (χ1) is 9.74. The zero-order valence-corrected chi connectivity index (χ0v) is 11.6. The van der Waals surface area contributed by atoms with Crippen molar-refractivity contribution in [1.29, 1.82) is 0 Å². The smallest absolute Gasteiger partial charge is 0.124 e. The number of hydrogen-bond donors (Lipinski definition) is 1. The molecule has 0 radical (unpaired) electrons. The molecule has 1 saturated heterocycles. The van der Waals surface area contributed by atoms with Gasteiger partial charge in [-0.3, -0.25) is 0 Å². The van der Waals surface area contributed by atoms with E-state index in [1.165, 1.54) is 12.1 Å². The summed E-state index contributed by atoms with van der Waals surface area (Å²) in [6, 6.07) is 14.5. The lowest BCUT2D eigenvalue weighted by molar-refractivity contribution is -0.0405. The van der Waals surface area contributed by atoms with E-state index >= 15 is 0 Å². The highest BCUT2D eigenvalue weighted by atomic mass is 35.5. The molecule has 2 atom stereocenters. The summed E-state index contributed by atoms with van der Waals surface area (Å²) in [5.41, 5.74) is 1.95. The summed E-state index contributed by atoms with van der Waals surface area (Å²) in [6.07, 6.45) is -0.182. The molecule has 2 nitrogen and oxygen atoms in total. The van der Waals surface area contributed by atoms with Crippen molar-refractivity contribution >= 4 is 11.6 Å². The molecule has 0 aromatic heterocycles. The number of morpholine rings is 1. The highest BCUT2D eigenvalue weighted by molar-refractivity contribution is 6.31. The minimum atomic E-state index is -0.331. The van der Waals surface area contributed by atoms with E-state index in [1.54, 1.807) is 6.07 Å². The van der Waals surface area contributed by atoms with E-state index in [0.717, 1.165) is 17.7 Å². The van der Waals surface area contributed by atoms with E-state index in [1.807, 2.05) is 30.3 Å². The highest BCUT2D eigenvalue weighted by Crippen LogP contribution is 2.33. The van der Waals surface area contributed by atoms with Gasteiger partial charge >= 0.3 is 0 Å². The van der Waals surface area contributed by atoms with E-state index < -0.39 is 0 Å². The van der Waals surface area contributed by atoms with Crippen molar-refractivity contribution in [3.05, 3.63) is 70.5 Å². The topological polar surface area (TPSA) is 21.3 Å². The first kappa shape index (κ1) is 13.6. The number of benzene rings is 2. The summed E-state index contributed by atoms with van der Waals surface area (Å²) >= 11 is 6.11. The molecule has 4 heteroatoms. The third kappa shape index (κ3) is 2.85. The van der Waals surface area contributed by atoms with Crippen LogP contribution in [0.15, 0.2) is 48.5 Å². The van der Waals surface area contributed by atoms with Gasteiger partial charge in [0.05, 0.1) is 12.2 Å². The van der Waals surface area contributed by atoms with Crippen molar-refractivity contribution < 1.29 is 9.13 Å². The summed E-state index contributed by atoms with van der Waals surface area (Å²) < 4.78 is 19.2. The van der Waals surface area contributed by atoms with Gasteiger partial charge in [0.15, 0.2) is 0 Å². The number of nitrogens with one attached hydrogen (secondary N) is 1. The Kier molecular flexibility index (Phi) is 4.01. The Balaban J connectivity index is 1.81. The second kappa shape index (κ2) is 5.92. The van der Waals surface area contributed by atoms with Gasteiger partial charge in [-0.1, -0.05) is 48.0 Å². The Labute approximate surface area is 122 Å². The minimum Gasteiger partial charge on any atom is -0.363 e. The molecule has 1 aliphatic rings. The fourth-order valence-electron chi connectivity index (χ4n) is 2.45. The molecular weight excluding hydrogens is 277 g/mol. The predicted molar refractivity (Wildman–Crippen MR) is 77.3 cm³/mol. The molecule has 104 valence electrons. The molecule has 0 aliphatic carbocycles. The molecule has 2 unspecified atom stereocenters. The van der Waals surface area contributed by atoms with Crippen molar-refractivity contribution in [2.24, 2.45) is 0 Å². The van der Waals surface area contributed by atoms with Crippen LogP contribution in [0, 0.1) is 5.82 Å². The summed E-state index contributed by atoms with van der Waals surface area (Å²) in [7, 11) is 0. The van der Waals surface area contributed by atoms with Crippen LogP contribution >= 0.6 is 11.6 Å². The van der Waals surface area contributed by atoms with Gasteiger partial charge in [0.1, 0.15) is 5.82 Å². The Bertz CT molecular complexity index is 590. The molecule has 20 heavy (non-hydrogen) atoms. The predicted octanol–water partition coefficient (Wildman–Crippen LogP) is 3.88. The largest absolute Gasteiger partial charge is 0.363 e. The maximum absolute atomic E-state index is 13.1. The van der Waals surface area contributed by atoms with Crippen LogP contribution in [0.5, 0.6) is 0 Å². The molecule has 3 rings (SSSR count). The Morgan fingerprint density at radius 3 is 2.55 bits per heavy atom. The fourth-order valence-corrected chi connectivity index (χ4v) is 2.74. The van der Waals surface area contributed by atoms with Gasteiger partial charge < -0.3 is 10.1 Å². The molecule has 0 saturated carbocycles. The van der Waals surface area contributed by atoms with E-state index in [0.29, 0.717) is 11.6 Å². The lowest BCUT2D eigenvalue weighted by atomic mass is 10.0. The van der Waals surface area contributed by atoms with E-state index in [-0.39, 0.29) is 18.0 Å². The van der Waals surface area contributed by atoms with Gasteiger partial charge in [-0.25, -0.2) is 4.39 Å². The first-order valence-corrected chi connectivity index (χ1v) is 6.98. The van der Waals surface area contributed by atoms with Gasteiger partial charge in [0, 0.05) is 23.7 Å². The number of halogens is 2. The second-order valence-corrected chi connectivity index (χ2v) is 5.26. The normalized spacial score (nSPS) is 22.7. The third-order valence-corrected chi connectivity index (χ3v) is 3.80. The quantitative estimate of drug-likeness (QED) is 0.906. The van der Waals surface area contributed by atoms with E-state index in [2.05, 4.69) is 5.32 Å². The SMILES string of the molecule is Fc1ccc(C2CNCC(c3ccccc3)O2)c(Cl)c1. The number of hydrogen-bond acceptors (Lipinski definition) is 2. The molecule has 1 heterocycles. The summed E-state index contributed by atoms with van der Waals surface area (Å²) in [4.78, 5) is 0. The van der Waals surface area contributed by atoms with Crippen LogP contribution in [0.1, 0.15) is 23.3 Å². The monoisotopic (exact) mass is 291 g/mol. The van der Waals surface area contributed by atoms with E-state index in [9.17, 15) is 4.39 Å². The standard InChI is InChI=1S/C16H15ClFNO/c17-14-8-12(18)6-7-13(14)16-10-19-9-15(20-16)11-4-2-1-3-5-11/h1-8,15-16,19H,9-10H2. The van der Waals surface area contributed by atoms with Crippen molar-refractivity contribution in [2.75, 3.05) is 13.1 Å². The van der Waals surface area contributed by atoms with Crippen LogP contribution in [0.2, 0.25) is 5.02 Å². The highest BCUT2D eigenvalue weighted by Gasteiger charge is 2.25. The zero-order chi connectivity index (χ0) is 13.9. The number of ether oxygens (including phenoxy) is 1. The molecule has 0 bridgehead atoms. The van der Waals surface area contributed by atoms with E-state index in [4.69, 9.17) is 16.3 Å². The first-order valence-electron chi connectivity index (χ1n) is 6.60. The molecule has 0 spiro atoms. The molecule has 1 N–H and O–H groups in total. The maximum atomic E-state index is 13.1. The van der Waals surface area contributed by atoms with Crippen molar-refractivity contribution in [3.8, 4) is 0 Å². The van der Waals surface area contributed by atoms with Gasteiger partial charge in [-0.05, 0) is 17.7 Å². The fraction of sp³-hybridized carbons (Fsp3) is 0.250. The molecule has 2 aromatic rings. The van der Waals surface area contributed by atoms with Crippen LogP contribution in [0.4, 0.5) is 4.39 Å². The lowest BCUT2D eigenvalue weighted by Crippen LogP contribution is -2.36. The molecular formula is C16H15ClFNO. The van der Waals surface area contributed by atoms with Gasteiger partial charge in [0.2, 0.25) is 0 Å². The van der Waals surface area contributed by atoms with Gasteiger partial charge in [-0.2, -0.15) is 0 Å². The maximum Gasteiger partial charge on any atom is 0.124 e. The lowest BCUT2D eigenvalue weighted by Gasteiger charge is -2.32. The summed E-state index contributed by atoms with van der Waals surface area (Å²) in [5.74, 6) is -0.331. The Morgan fingerprint density at radius 1 is 1.05 bits per heavy atom. The van der Waals surface area contributed by atoms with Gasteiger partial charge in [0.25, 0.3) is 0 Å². The van der Waals surface area contributed by atoms with Crippen molar-refractivity contribution in [2.45, 2.75) is 12.2 Å². The molecule has 2 aromatic carbocycles. The molecule has 1 fully saturated rings. The van der Waals surface area contributed by atoms with Crippen LogP contribution in [-0.4, -0.2) is 13.1 Å². The third-order valence-electron chi connectivity index (χ3n) is 3.47. The van der Waals surface area contributed by atoms with Crippen LogP contribution in [-0.2, 0) is 4.74 Å². The Morgan fingerprint density at radius 2 is 1.80 bits per heavy atom. The number of rotatable bonds is 2. The second-order valence-electron chi connectivity index (χ2n) is 4.85. The molecule has 1 aliphatic heterocycles. The summed E-state index contributed by atoms with van der Waals surface area (Å²) in [5, 5.41) is 3.75. The average Bonchev–Trinajstić information content (AvgIpc) is 2.48. The zero-order valence-electron chi connectivity index (χ0n) is 10.9. The Hall–Kier alpha value is -1.42. The van der Waals surface area contributed by atoms with Crippen molar-refractivity contribution in [3.63, 3.8) is 0 Å². The molecule has 0 amide bonds.